The second-order valence-electron chi connectivity index (χ2n) is 4.59. The van der Waals surface area contributed by atoms with Crippen LogP contribution in [0.1, 0.15) is 23.7 Å². The highest BCUT2D eigenvalue weighted by atomic mass is 32.2. The fourth-order valence-electron chi connectivity index (χ4n) is 2.09. The second kappa shape index (κ2) is 7.50. The van der Waals surface area contributed by atoms with Crippen molar-refractivity contribution in [3.63, 3.8) is 0 Å². The van der Waals surface area contributed by atoms with Crippen LogP contribution in [0.3, 0.4) is 0 Å². The Morgan fingerprint density at radius 1 is 1.65 bits per heavy atom. The Labute approximate surface area is 123 Å². The molecule has 1 unspecified atom stereocenters. The monoisotopic (exact) mass is 296 g/mol. The van der Waals surface area contributed by atoms with E-state index in [1.165, 1.54) is 0 Å². The number of pyridine rings is 1. The first kappa shape index (κ1) is 15.1. The number of hydrogen-bond acceptors (Lipinski definition) is 5. The topological polar surface area (TPSA) is 62.7 Å². The van der Waals surface area contributed by atoms with Crippen LogP contribution in [0.2, 0.25) is 0 Å². The van der Waals surface area contributed by atoms with Gasteiger partial charge in [0.15, 0.2) is 0 Å². The number of likely N-dealkylation sites (N-methyl/N-ethyl adjacent to an activating group) is 1. The number of carbonyl (C=O) groups is 1. The summed E-state index contributed by atoms with van der Waals surface area (Å²) in [5.41, 5.74) is 0.552. The van der Waals surface area contributed by atoms with E-state index in [1.807, 2.05) is 18.7 Å². The van der Waals surface area contributed by atoms with E-state index < -0.39 is 0 Å². The Balaban J connectivity index is 2.05. The highest BCUT2D eigenvalue weighted by Gasteiger charge is 2.19. The van der Waals surface area contributed by atoms with E-state index in [-0.39, 0.29) is 18.6 Å². The smallest absolute Gasteiger partial charge is 0.254 e. The number of rotatable bonds is 6. The molecule has 1 aliphatic heterocycles. The van der Waals surface area contributed by atoms with Crippen molar-refractivity contribution >= 4 is 17.7 Å². The summed E-state index contributed by atoms with van der Waals surface area (Å²) in [6.45, 7) is 2.76. The SMILES string of the molecule is CCN(CCO)C(=O)c1ccnc(OC2CCSC2)c1. The molecule has 1 atom stereocenters. The van der Waals surface area contributed by atoms with Gasteiger partial charge in [0, 0.05) is 36.7 Å². The van der Waals surface area contributed by atoms with E-state index in [0.29, 0.717) is 24.5 Å². The lowest BCUT2D eigenvalue weighted by atomic mass is 10.2. The fourth-order valence-corrected chi connectivity index (χ4v) is 3.18. The molecule has 0 spiro atoms. The van der Waals surface area contributed by atoms with Crippen LogP contribution in [0.25, 0.3) is 0 Å². The number of aromatic nitrogens is 1. The highest BCUT2D eigenvalue weighted by molar-refractivity contribution is 7.99. The lowest BCUT2D eigenvalue weighted by molar-refractivity contribution is 0.0731. The molecule has 6 heteroatoms. The molecule has 110 valence electrons. The quantitative estimate of drug-likeness (QED) is 0.860. The maximum atomic E-state index is 12.3. The van der Waals surface area contributed by atoms with Gasteiger partial charge in [0.2, 0.25) is 5.88 Å². The van der Waals surface area contributed by atoms with Gasteiger partial charge in [-0.15, -0.1) is 0 Å². The van der Waals surface area contributed by atoms with Crippen LogP contribution in [0, 0.1) is 0 Å². The third-order valence-electron chi connectivity index (χ3n) is 3.20. The Bertz CT molecular complexity index is 450. The first-order valence-corrected chi connectivity index (χ1v) is 8.00. The Morgan fingerprint density at radius 3 is 3.15 bits per heavy atom. The fraction of sp³-hybridized carbons (Fsp3) is 0.571. The van der Waals surface area contributed by atoms with Gasteiger partial charge in [0.25, 0.3) is 5.91 Å². The number of thioether (sulfide) groups is 1. The van der Waals surface area contributed by atoms with Gasteiger partial charge in [-0.2, -0.15) is 11.8 Å². The van der Waals surface area contributed by atoms with Gasteiger partial charge in [-0.1, -0.05) is 0 Å². The average Bonchev–Trinajstić information content (AvgIpc) is 2.97. The van der Waals surface area contributed by atoms with Gasteiger partial charge in [-0.05, 0) is 25.2 Å². The number of aliphatic hydroxyl groups is 1. The van der Waals surface area contributed by atoms with E-state index in [0.717, 1.165) is 17.9 Å². The first-order valence-electron chi connectivity index (χ1n) is 6.85. The van der Waals surface area contributed by atoms with Crippen LogP contribution < -0.4 is 4.74 Å². The average molecular weight is 296 g/mol. The number of nitrogens with zero attached hydrogens (tertiary/aromatic N) is 2. The van der Waals surface area contributed by atoms with Crippen LogP contribution in [0.5, 0.6) is 5.88 Å². The van der Waals surface area contributed by atoms with Crippen LogP contribution in [0.15, 0.2) is 18.3 Å². The first-order chi connectivity index (χ1) is 9.74. The molecule has 1 N–H and O–H groups in total. The van der Waals surface area contributed by atoms with Gasteiger partial charge in [-0.3, -0.25) is 4.79 Å². The Morgan fingerprint density at radius 2 is 2.50 bits per heavy atom. The number of amides is 1. The molecule has 1 amide bonds. The third kappa shape index (κ3) is 3.86. The summed E-state index contributed by atoms with van der Waals surface area (Å²) in [6.07, 6.45) is 2.81. The molecule has 1 aliphatic rings. The summed E-state index contributed by atoms with van der Waals surface area (Å²) in [4.78, 5) is 18.0. The minimum absolute atomic E-state index is 0.0344. The van der Waals surface area contributed by atoms with E-state index in [1.54, 1.807) is 23.2 Å². The van der Waals surface area contributed by atoms with Gasteiger partial charge in [-0.25, -0.2) is 4.98 Å². The van der Waals surface area contributed by atoms with E-state index in [9.17, 15) is 4.79 Å². The number of hydrogen-bond donors (Lipinski definition) is 1. The second-order valence-corrected chi connectivity index (χ2v) is 5.74. The standard InChI is InChI=1S/C14H20N2O3S/c1-2-16(6-7-17)14(18)11-3-5-15-13(9-11)19-12-4-8-20-10-12/h3,5,9,12,17H,2,4,6-8,10H2,1H3. The summed E-state index contributed by atoms with van der Waals surface area (Å²) >= 11 is 1.87. The molecule has 1 saturated heterocycles. The Kier molecular flexibility index (Phi) is 5.67. The van der Waals surface area contributed by atoms with Crippen molar-refractivity contribution in [2.45, 2.75) is 19.4 Å². The Hall–Kier alpha value is -1.27. The van der Waals surface area contributed by atoms with E-state index in [2.05, 4.69) is 4.98 Å². The number of carbonyl (C=O) groups excluding carboxylic acids is 1. The van der Waals surface area contributed by atoms with Crippen molar-refractivity contribution in [2.75, 3.05) is 31.2 Å². The molecular weight excluding hydrogens is 276 g/mol. The zero-order valence-corrected chi connectivity index (χ0v) is 12.4. The predicted molar refractivity (Wildman–Crippen MR) is 79.3 cm³/mol. The van der Waals surface area contributed by atoms with E-state index in [4.69, 9.17) is 9.84 Å². The van der Waals surface area contributed by atoms with Crippen LogP contribution >= 0.6 is 11.8 Å². The minimum Gasteiger partial charge on any atom is -0.473 e. The number of ether oxygens (including phenoxy) is 1. The molecule has 0 saturated carbocycles. The molecule has 1 fully saturated rings. The highest BCUT2D eigenvalue weighted by Crippen LogP contribution is 2.22. The molecule has 0 aromatic carbocycles. The molecule has 0 aliphatic carbocycles. The lowest BCUT2D eigenvalue weighted by Crippen LogP contribution is -2.33. The molecule has 20 heavy (non-hydrogen) atoms. The van der Waals surface area contributed by atoms with E-state index >= 15 is 0 Å². The molecule has 2 rings (SSSR count). The van der Waals surface area contributed by atoms with Crippen LogP contribution in [-0.4, -0.2) is 58.2 Å². The zero-order chi connectivity index (χ0) is 14.4. The summed E-state index contributed by atoms with van der Waals surface area (Å²) < 4.78 is 5.79. The van der Waals surface area contributed by atoms with Gasteiger partial charge >= 0.3 is 0 Å². The van der Waals surface area contributed by atoms with Crippen LogP contribution in [-0.2, 0) is 0 Å². The largest absolute Gasteiger partial charge is 0.473 e. The van der Waals surface area contributed by atoms with Crippen LogP contribution in [0.4, 0.5) is 0 Å². The zero-order valence-electron chi connectivity index (χ0n) is 11.6. The van der Waals surface area contributed by atoms with Crippen molar-refractivity contribution in [2.24, 2.45) is 0 Å². The third-order valence-corrected chi connectivity index (χ3v) is 4.33. The van der Waals surface area contributed by atoms with Crippen molar-refractivity contribution in [1.82, 2.24) is 9.88 Å². The van der Waals surface area contributed by atoms with Crippen molar-refractivity contribution in [1.29, 1.82) is 0 Å². The predicted octanol–water partition coefficient (Wildman–Crippen LogP) is 1.42. The van der Waals surface area contributed by atoms with Crippen molar-refractivity contribution < 1.29 is 14.6 Å². The summed E-state index contributed by atoms with van der Waals surface area (Å²) in [7, 11) is 0. The molecule has 0 bridgehead atoms. The maximum absolute atomic E-state index is 12.3. The summed E-state index contributed by atoms with van der Waals surface area (Å²) in [5.74, 6) is 2.49. The van der Waals surface area contributed by atoms with Gasteiger partial charge in [0.05, 0.1) is 6.61 Å². The van der Waals surface area contributed by atoms with Gasteiger partial charge < -0.3 is 14.7 Å². The molecule has 2 heterocycles. The molecule has 0 radical (unpaired) electrons. The normalized spacial score (nSPS) is 18.0. The lowest BCUT2D eigenvalue weighted by Gasteiger charge is -2.20. The molecular formula is C14H20N2O3S. The minimum atomic E-state index is -0.102. The summed E-state index contributed by atoms with van der Waals surface area (Å²) in [6, 6.07) is 3.37. The summed E-state index contributed by atoms with van der Waals surface area (Å²) in [5, 5.41) is 8.97. The molecule has 1 aromatic heterocycles. The number of aliphatic hydroxyl groups excluding tert-OH is 1. The molecule has 1 aromatic rings. The molecule has 5 nitrogen and oxygen atoms in total. The maximum Gasteiger partial charge on any atom is 0.254 e. The van der Waals surface area contributed by atoms with Crippen molar-refractivity contribution in [3.05, 3.63) is 23.9 Å². The van der Waals surface area contributed by atoms with Crippen molar-refractivity contribution in [3.8, 4) is 5.88 Å². The van der Waals surface area contributed by atoms with Gasteiger partial charge in [0.1, 0.15) is 6.10 Å².